The van der Waals surface area contributed by atoms with Gasteiger partial charge in [0.25, 0.3) is 5.35 Å². The maximum Gasteiger partial charge on any atom is 0.433 e. The highest BCUT2D eigenvalue weighted by molar-refractivity contribution is 6.28. The topological polar surface area (TPSA) is 38.9 Å². The molecular weight excluding hydrogens is 221 g/mol. The van der Waals surface area contributed by atoms with Gasteiger partial charge in [-0.15, -0.1) is 0 Å². The van der Waals surface area contributed by atoms with Crippen molar-refractivity contribution >= 4 is 22.8 Å². The lowest BCUT2D eigenvalue weighted by atomic mass is 10.3. The Balaban J connectivity index is 2.62. The van der Waals surface area contributed by atoms with Crippen LogP contribution < -0.4 is 0 Å². The van der Waals surface area contributed by atoms with E-state index >= 15 is 0 Å². The van der Waals surface area contributed by atoms with Crippen LogP contribution >= 0.6 is 11.6 Å². The molecule has 7 heteroatoms. The molecule has 2 heterocycles. The number of aromatic nitrogens is 2. The first-order valence-corrected chi connectivity index (χ1v) is 3.85. The Bertz CT molecular complexity index is 479. The third kappa shape index (κ3) is 1.52. The van der Waals surface area contributed by atoms with E-state index in [0.717, 1.165) is 12.1 Å². The number of fused-ring (bicyclic) bond motifs is 1. The second-order valence-electron chi connectivity index (χ2n) is 2.49. The molecule has 2 aromatic rings. The normalized spacial score (nSPS) is 12.3. The zero-order valence-electron chi connectivity index (χ0n) is 6.47. The highest BCUT2D eigenvalue weighted by Gasteiger charge is 2.33. The van der Waals surface area contributed by atoms with Crippen LogP contribution in [-0.2, 0) is 6.18 Å². The van der Waals surface area contributed by atoms with Crippen molar-refractivity contribution in [3.8, 4) is 0 Å². The Hall–Kier alpha value is -1.30. The number of rotatable bonds is 0. The van der Waals surface area contributed by atoms with Gasteiger partial charge in [-0.05, 0) is 23.7 Å². The molecule has 0 N–H and O–H groups in total. The molecule has 0 bridgehead atoms. The maximum atomic E-state index is 12.2. The fourth-order valence-corrected chi connectivity index (χ4v) is 1.11. The van der Waals surface area contributed by atoms with Gasteiger partial charge in [-0.25, -0.2) is 4.98 Å². The van der Waals surface area contributed by atoms with Gasteiger partial charge < -0.3 is 4.42 Å². The molecule has 2 aromatic heterocycles. The molecule has 0 aliphatic carbocycles. The third-order valence-electron chi connectivity index (χ3n) is 1.52. The standard InChI is InChI=1S/C7H2ClF3N2O/c8-6-12-3-1-2-4(7(9,10)11)13-5(3)14-6/h1-2H. The van der Waals surface area contributed by atoms with Crippen molar-refractivity contribution in [2.75, 3.05) is 0 Å². The van der Waals surface area contributed by atoms with E-state index in [1.54, 1.807) is 0 Å². The van der Waals surface area contributed by atoms with Crippen LogP contribution in [0.1, 0.15) is 5.69 Å². The Morgan fingerprint density at radius 2 is 1.93 bits per heavy atom. The van der Waals surface area contributed by atoms with Crippen LogP contribution in [0.25, 0.3) is 11.2 Å². The summed E-state index contributed by atoms with van der Waals surface area (Å²) in [4.78, 5) is 6.83. The van der Waals surface area contributed by atoms with E-state index in [4.69, 9.17) is 11.6 Å². The second-order valence-corrected chi connectivity index (χ2v) is 2.81. The fourth-order valence-electron chi connectivity index (χ4n) is 0.948. The molecule has 0 radical (unpaired) electrons. The van der Waals surface area contributed by atoms with E-state index in [2.05, 4.69) is 14.4 Å². The maximum absolute atomic E-state index is 12.2. The van der Waals surface area contributed by atoms with Crippen molar-refractivity contribution < 1.29 is 17.6 Å². The summed E-state index contributed by atoms with van der Waals surface area (Å²) >= 11 is 5.35. The van der Waals surface area contributed by atoms with Gasteiger partial charge in [0, 0.05) is 0 Å². The molecule has 0 saturated carbocycles. The minimum absolute atomic E-state index is 0.197. The van der Waals surface area contributed by atoms with Crippen molar-refractivity contribution in [2.45, 2.75) is 6.18 Å². The first kappa shape index (κ1) is 9.26. The molecule has 0 aliphatic heterocycles. The van der Waals surface area contributed by atoms with Gasteiger partial charge in [-0.3, -0.25) is 0 Å². The van der Waals surface area contributed by atoms with Crippen LogP contribution in [0.2, 0.25) is 5.35 Å². The average Bonchev–Trinajstić information content (AvgIpc) is 2.41. The van der Waals surface area contributed by atoms with E-state index in [1.807, 2.05) is 0 Å². The number of hydrogen-bond donors (Lipinski definition) is 0. The number of nitrogens with zero attached hydrogens (tertiary/aromatic N) is 2. The summed E-state index contributed by atoms with van der Waals surface area (Å²) in [5.74, 6) is 0. The van der Waals surface area contributed by atoms with Crippen molar-refractivity contribution in [1.29, 1.82) is 0 Å². The molecule has 0 aromatic carbocycles. The zero-order chi connectivity index (χ0) is 10.3. The van der Waals surface area contributed by atoms with Crippen LogP contribution in [0.15, 0.2) is 16.5 Å². The second kappa shape index (κ2) is 2.84. The number of halogens is 4. The molecule has 0 aliphatic rings. The molecule has 14 heavy (non-hydrogen) atoms. The molecule has 0 fully saturated rings. The lowest BCUT2D eigenvalue weighted by Gasteiger charge is -2.03. The zero-order valence-corrected chi connectivity index (χ0v) is 7.23. The predicted octanol–water partition coefficient (Wildman–Crippen LogP) is 2.89. The van der Waals surface area contributed by atoms with Crippen LogP contribution in [0.3, 0.4) is 0 Å². The Labute approximate surface area is 80.5 Å². The summed E-state index contributed by atoms with van der Waals surface area (Å²) < 4.78 is 41.1. The summed E-state index contributed by atoms with van der Waals surface area (Å²) in [7, 11) is 0. The Morgan fingerprint density at radius 1 is 1.21 bits per heavy atom. The number of alkyl halides is 3. The minimum Gasteiger partial charge on any atom is -0.408 e. The van der Waals surface area contributed by atoms with E-state index in [0.29, 0.717) is 0 Å². The summed E-state index contributed by atoms with van der Waals surface area (Å²) in [6.45, 7) is 0. The minimum atomic E-state index is -4.49. The van der Waals surface area contributed by atoms with Crippen LogP contribution in [-0.4, -0.2) is 9.97 Å². The van der Waals surface area contributed by atoms with Gasteiger partial charge in [0.2, 0.25) is 5.71 Å². The Kier molecular flexibility index (Phi) is 1.88. The van der Waals surface area contributed by atoms with Crippen LogP contribution in [0, 0.1) is 0 Å². The van der Waals surface area contributed by atoms with Gasteiger partial charge in [0.1, 0.15) is 11.2 Å². The summed E-state index contributed by atoms with van der Waals surface area (Å²) in [5, 5.41) is -0.230. The largest absolute Gasteiger partial charge is 0.433 e. The molecule has 74 valence electrons. The molecular formula is C7H2ClF3N2O. The van der Waals surface area contributed by atoms with E-state index < -0.39 is 11.9 Å². The SMILES string of the molecule is FC(F)(F)c1ccc2nc(Cl)oc2n1. The first-order valence-electron chi connectivity index (χ1n) is 3.47. The highest BCUT2D eigenvalue weighted by Crippen LogP contribution is 2.29. The highest BCUT2D eigenvalue weighted by atomic mass is 35.5. The first-order chi connectivity index (χ1) is 6.47. The molecule has 0 spiro atoms. The van der Waals surface area contributed by atoms with Gasteiger partial charge in [0.15, 0.2) is 0 Å². The van der Waals surface area contributed by atoms with Crippen molar-refractivity contribution in [3.63, 3.8) is 0 Å². The van der Waals surface area contributed by atoms with Crippen molar-refractivity contribution in [1.82, 2.24) is 9.97 Å². The van der Waals surface area contributed by atoms with Gasteiger partial charge in [-0.1, -0.05) is 0 Å². The quantitative estimate of drug-likeness (QED) is 0.688. The molecule has 0 unspecified atom stereocenters. The number of oxazole rings is 1. The van der Waals surface area contributed by atoms with Gasteiger partial charge in [0.05, 0.1) is 0 Å². The van der Waals surface area contributed by atoms with E-state index in [1.165, 1.54) is 0 Å². The number of hydrogen-bond acceptors (Lipinski definition) is 3. The van der Waals surface area contributed by atoms with Crippen LogP contribution in [0.4, 0.5) is 13.2 Å². The number of pyridine rings is 1. The van der Waals surface area contributed by atoms with Gasteiger partial charge >= 0.3 is 6.18 Å². The molecule has 3 nitrogen and oxygen atoms in total. The molecule has 0 amide bonds. The lowest BCUT2D eigenvalue weighted by molar-refractivity contribution is -0.141. The van der Waals surface area contributed by atoms with Crippen molar-refractivity contribution in [2.24, 2.45) is 0 Å². The van der Waals surface area contributed by atoms with Crippen molar-refractivity contribution in [3.05, 3.63) is 23.2 Å². The summed E-state index contributed by atoms with van der Waals surface area (Å²) in [5.41, 5.74) is -1.05. The fraction of sp³-hybridized carbons (Fsp3) is 0.143. The van der Waals surface area contributed by atoms with Gasteiger partial charge in [-0.2, -0.15) is 18.2 Å². The van der Waals surface area contributed by atoms with E-state index in [-0.39, 0.29) is 16.6 Å². The third-order valence-corrected chi connectivity index (χ3v) is 1.68. The smallest absolute Gasteiger partial charge is 0.408 e. The van der Waals surface area contributed by atoms with Crippen LogP contribution in [0.5, 0.6) is 0 Å². The summed E-state index contributed by atoms with van der Waals surface area (Å²) in [6, 6.07) is 1.97. The summed E-state index contributed by atoms with van der Waals surface area (Å²) in [6.07, 6.45) is -4.49. The van der Waals surface area contributed by atoms with E-state index in [9.17, 15) is 13.2 Å². The molecule has 2 rings (SSSR count). The predicted molar refractivity (Wildman–Crippen MR) is 41.8 cm³/mol. The molecule has 0 saturated heterocycles. The lowest BCUT2D eigenvalue weighted by Crippen LogP contribution is -2.07. The molecule has 0 atom stereocenters. The Morgan fingerprint density at radius 3 is 2.57 bits per heavy atom. The monoisotopic (exact) mass is 222 g/mol. The average molecular weight is 223 g/mol.